The van der Waals surface area contributed by atoms with Crippen molar-refractivity contribution in [2.24, 2.45) is 0 Å². The van der Waals surface area contributed by atoms with E-state index in [1.165, 1.54) is 15.5 Å². The van der Waals surface area contributed by atoms with Crippen LogP contribution >= 0.6 is 0 Å². The highest BCUT2D eigenvalue weighted by atomic mass is 16.2. The third-order valence-electron chi connectivity index (χ3n) is 3.60. The second-order valence-corrected chi connectivity index (χ2v) is 4.87. The topological polar surface area (TPSA) is 83.8 Å². The zero-order valence-electron chi connectivity index (χ0n) is 11.4. The van der Waals surface area contributed by atoms with Crippen LogP contribution in [0.2, 0.25) is 0 Å². The number of hydrogen-bond acceptors (Lipinski definition) is 4. The molecule has 21 heavy (non-hydrogen) atoms. The van der Waals surface area contributed by atoms with Crippen molar-refractivity contribution >= 4 is 17.5 Å². The largest absolute Gasteiger partial charge is 0.353 e. The minimum absolute atomic E-state index is 0.0275. The molecular formula is C14H14N4O3. The molecule has 0 aromatic carbocycles. The number of aromatic nitrogens is 2. The summed E-state index contributed by atoms with van der Waals surface area (Å²) >= 11 is 0. The minimum atomic E-state index is -0.595. The number of amides is 2. The molecule has 3 heterocycles. The van der Waals surface area contributed by atoms with E-state index < -0.39 is 17.5 Å². The highest BCUT2D eigenvalue weighted by molar-refractivity contribution is 5.97. The van der Waals surface area contributed by atoms with Crippen molar-refractivity contribution in [3.05, 3.63) is 46.5 Å². The Morgan fingerprint density at radius 2 is 2.19 bits per heavy atom. The molecule has 0 spiro atoms. The van der Waals surface area contributed by atoms with Gasteiger partial charge in [-0.2, -0.15) is 0 Å². The molecule has 7 nitrogen and oxygen atoms in total. The van der Waals surface area contributed by atoms with Crippen molar-refractivity contribution in [2.45, 2.75) is 13.0 Å². The highest BCUT2D eigenvalue weighted by Crippen LogP contribution is 2.08. The molecule has 1 N–H and O–H groups in total. The highest BCUT2D eigenvalue weighted by Gasteiger charge is 2.31. The van der Waals surface area contributed by atoms with Gasteiger partial charge in [0.1, 0.15) is 17.3 Å². The molecular weight excluding hydrogens is 272 g/mol. The van der Waals surface area contributed by atoms with Gasteiger partial charge in [-0.3, -0.25) is 18.8 Å². The number of nitrogens with one attached hydrogen (secondary N) is 1. The lowest BCUT2D eigenvalue weighted by atomic mass is 10.1. The lowest BCUT2D eigenvalue weighted by Gasteiger charge is -2.32. The number of fused-ring (bicyclic) bond motifs is 1. The quantitative estimate of drug-likeness (QED) is 0.777. The van der Waals surface area contributed by atoms with E-state index in [9.17, 15) is 14.4 Å². The van der Waals surface area contributed by atoms with Gasteiger partial charge in [-0.15, -0.1) is 0 Å². The molecule has 1 unspecified atom stereocenters. The smallest absolute Gasteiger partial charge is 0.270 e. The maximum Gasteiger partial charge on any atom is 0.270 e. The Labute approximate surface area is 120 Å². The van der Waals surface area contributed by atoms with E-state index in [1.54, 1.807) is 31.3 Å². The van der Waals surface area contributed by atoms with Crippen molar-refractivity contribution < 1.29 is 9.59 Å². The third kappa shape index (κ3) is 2.16. The van der Waals surface area contributed by atoms with Crippen LogP contribution in [0.5, 0.6) is 0 Å². The lowest BCUT2D eigenvalue weighted by molar-refractivity contribution is -0.127. The molecule has 3 rings (SSSR count). The van der Waals surface area contributed by atoms with Crippen LogP contribution in [0.25, 0.3) is 5.65 Å². The van der Waals surface area contributed by atoms with E-state index in [-0.39, 0.29) is 11.5 Å². The number of rotatable bonds is 1. The number of hydrogen-bond donors (Lipinski definition) is 1. The fourth-order valence-corrected chi connectivity index (χ4v) is 2.39. The molecule has 1 atom stereocenters. The number of pyridine rings is 1. The Balaban J connectivity index is 2.04. The zero-order valence-corrected chi connectivity index (χ0v) is 11.4. The molecule has 0 radical (unpaired) electrons. The van der Waals surface area contributed by atoms with E-state index in [0.29, 0.717) is 18.7 Å². The van der Waals surface area contributed by atoms with Gasteiger partial charge in [0, 0.05) is 25.5 Å². The predicted octanol–water partition coefficient (Wildman–Crippen LogP) is -0.345. The van der Waals surface area contributed by atoms with Crippen LogP contribution in [0.4, 0.5) is 0 Å². The van der Waals surface area contributed by atoms with Crippen LogP contribution in [-0.2, 0) is 4.79 Å². The molecule has 2 aromatic heterocycles. The summed E-state index contributed by atoms with van der Waals surface area (Å²) < 4.78 is 1.32. The molecule has 7 heteroatoms. The second kappa shape index (κ2) is 5.01. The van der Waals surface area contributed by atoms with Crippen molar-refractivity contribution in [3.63, 3.8) is 0 Å². The van der Waals surface area contributed by atoms with Gasteiger partial charge in [0.15, 0.2) is 0 Å². The summed E-state index contributed by atoms with van der Waals surface area (Å²) in [5, 5.41) is 2.68. The lowest BCUT2D eigenvalue weighted by Crippen LogP contribution is -2.56. The van der Waals surface area contributed by atoms with Gasteiger partial charge in [0.2, 0.25) is 5.91 Å². The molecule has 0 bridgehead atoms. The van der Waals surface area contributed by atoms with E-state index in [1.807, 2.05) is 0 Å². The fourth-order valence-electron chi connectivity index (χ4n) is 2.39. The maximum absolute atomic E-state index is 12.5. The summed E-state index contributed by atoms with van der Waals surface area (Å²) in [6.45, 7) is 2.40. The average Bonchev–Trinajstić information content (AvgIpc) is 2.50. The first kappa shape index (κ1) is 13.3. The van der Waals surface area contributed by atoms with Crippen molar-refractivity contribution in [3.8, 4) is 0 Å². The van der Waals surface area contributed by atoms with Crippen molar-refractivity contribution in [1.82, 2.24) is 19.6 Å². The average molecular weight is 286 g/mol. The fraction of sp³-hybridized carbons (Fsp3) is 0.286. The van der Waals surface area contributed by atoms with Gasteiger partial charge in [-0.05, 0) is 19.1 Å². The molecule has 1 aliphatic rings. The maximum atomic E-state index is 12.5. The molecule has 0 saturated carbocycles. The zero-order chi connectivity index (χ0) is 15.0. The van der Waals surface area contributed by atoms with Crippen LogP contribution in [0.3, 0.4) is 0 Å². The van der Waals surface area contributed by atoms with E-state index in [4.69, 9.17) is 0 Å². The summed E-state index contributed by atoms with van der Waals surface area (Å²) in [6.07, 6.45) is 2.84. The molecule has 1 saturated heterocycles. The molecule has 0 aliphatic carbocycles. The summed E-state index contributed by atoms with van der Waals surface area (Å²) in [6, 6.07) is 4.55. The molecule has 2 aromatic rings. The first-order valence-electron chi connectivity index (χ1n) is 6.64. The Kier molecular flexibility index (Phi) is 3.17. The molecule has 108 valence electrons. The summed E-state index contributed by atoms with van der Waals surface area (Å²) in [5.74, 6) is -0.684. The Bertz CT molecular complexity index is 783. The predicted molar refractivity (Wildman–Crippen MR) is 75.0 cm³/mol. The van der Waals surface area contributed by atoms with Gasteiger partial charge in [0.25, 0.3) is 11.5 Å². The molecule has 2 amide bonds. The van der Waals surface area contributed by atoms with Crippen LogP contribution in [0, 0.1) is 0 Å². The Hall–Kier alpha value is -2.70. The van der Waals surface area contributed by atoms with Crippen LogP contribution in [0.15, 0.2) is 35.4 Å². The molecule has 1 fully saturated rings. The van der Waals surface area contributed by atoms with Crippen LogP contribution in [0.1, 0.15) is 17.3 Å². The normalized spacial score (nSPS) is 18.6. The number of carbonyl (C=O) groups excluding carboxylic acids is 2. The van der Waals surface area contributed by atoms with Crippen LogP contribution in [-0.4, -0.2) is 45.2 Å². The molecule has 1 aliphatic heterocycles. The first-order chi connectivity index (χ1) is 10.1. The first-order valence-corrected chi connectivity index (χ1v) is 6.64. The standard InChI is InChI=1S/C14H14N4O3/c1-9-12(19)15-5-7-17(9)13(20)10-8-16-11-4-2-3-6-18(11)14(10)21/h2-4,6,8-9H,5,7H2,1H3,(H,15,19). The monoisotopic (exact) mass is 286 g/mol. The van der Waals surface area contributed by atoms with Crippen LogP contribution < -0.4 is 10.9 Å². The summed E-state index contributed by atoms with van der Waals surface area (Å²) in [7, 11) is 0. The van der Waals surface area contributed by atoms with E-state index in [0.717, 1.165) is 0 Å². The summed E-state index contributed by atoms with van der Waals surface area (Å²) in [5.41, 5.74) is 0.0208. The van der Waals surface area contributed by atoms with E-state index >= 15 is 0 Å². The minimum Gasteiger partial charge on any atom is -0.353 e. The second-order valence-electron chi connectivity index (χ2n) is 4.87. The number of nitrogens with zero attached hydrogens (tertiary/aromatic N) is 3. The van der Waals surface area contributed by atoms with Gasteiger partial charge >= 0.3 is 0 Å². The SMILES string of the molecule is CC1C(=O)NCCN1C(=O)c1cnc2ccccn2c1=O. The Morgan fingerprint density at radius 3 is 3.00 bits per heavy atom. The van der Waals surface area contributed by atoms with Crippen molar-refractivity contribution in [2.75, 3.05) is 13.1 Å². The number of piperazine rings is 1. The van der Waals surface area contributed by atoms with Gasteiger partial charge in [0.05, 0.1) is 0 Å². The number of carbonyl (C=O) groups is 2. The third-order valence-corrected chi connectivity index (χ3v) is 3.60. The van der Waals surface area contributed by atoms with E-state index in [2.05, 4.69) is 10.3 Å². The summed E-state index contributed by atoms with van der Waals surface area (Å²) in [4.78, 5) is 42.0. The van der Waals surface area contributed by atoms with Gasteiger partial charge in [-0.1, -0.05) is 6.07 Å². The van der Waals surface area contributed by atoms with Gasteiger partial charge in [-0.25, -0.2) is 4.98 Å². The van der Waals surface area contributed by atoms with Crippen molar-refractivity contribution in [1.29, 1.82) is 0 Å². The Morgan fingerprint density at radius 1 is 1.38 bits per heavy atom. The van der Waals surface area contributed by atoms with Gasteiger partial charge < -0.3 is 10.2 Å².